The summed E-state index contributed by atoms with van der Waals surface area (Å²) in [4.78, 5) is 16.2. The van der Waals surface area contributed by atoms with E-state index in [4.69, 9.17) is 5.73 Å². The van der Waals surface area contributed by atoms with Gasteiger partial charge in [-0.1, -0.05) is 33.1 Å². The van der Waals surface area contributed by atoms with Crippen LogP contribution in [0.25, 0.3) is 0 Å². The molecule has 1 saturated carbocycles. The maximum Gasteiger partial charge on any atom is 0.267 e. The summed E-state index contributed by atoms with van der Waals surface area (Å²) in [6.45, 7) is 8.15. The number of nitrogens with two attached hydrogens (primary N) is 1. The average molecular weight is 330 g/mol. The summed E-state index contributed by atoms with van der Waals surface area (Å²) >= 11 is 0. The van der Waals surface area contributed by atoms with Gasteiger partial charge in [0, 0.05) is 24.5 Å². The van der Waals surface area contributed by atoms with E-state index in [1.54, 1.807) is 0 Å². The van der Waals surface area contributed by atoms with Crippen LogP contribution in [0.15, 0.2) is 6.07 Å². The molecule has 0 radical (unpaired) electrons. The Bertz CT molecular complexity index is 620. The minimum atomic E-state index is -0.456. The van der Waals surface area contributed by atoms with E-state index < -0.39 is 5.91 Å². The minimum Gasteiger partial charge on any atom is -0.382 e. The Labute approximate surface area is 144 Å². The van der Waals surface area contributed by atoms with Gasteiger partial charge in [-0.25, -0.2) is 4.98 Å². The third kappa shape index (κ3) is 3.41. The van der Waals surface area contributed by atoms with Crippen LogP contribution in [0.4, 0.5) is 5.69 Å². The highest BCUT2D eigenvalue weighted by molar-refractivity contribution is 5.91. The lowest BCUT2D eigenvalue weighted by Crippen LogP contribution is -2.34. The third-order valence-corrected chi connectivity index (χ3v) is 5.67. The van der Waals surface area contributed by atoms with E-state index in [1.807, 2.05) is 6.07 Å². The molecule has 3 rings (SSSR count). The molecule has 0 spiro atoms. The number of pyridine rings is 1. The number of fused-ring (bicyclic) bond motifs is 1. The van der Waals surface area contributed by atoms with Gasteiger partial charge in [-0.05, 0) is 37.3 Å². The molecule has 5 nitrogen and oxygen atoms in total. The number of hydrogen-bond acceptors (Lipinski definition) is 4. The molecular formula is C19H30N4O. The Morgan fingerprint density at radius 3 is 2.79 bits per heavy atom. The smallest absolute Gasteiger partial charge is 0.267 e. The zero-order chi connectivity index (χ0) is 17.3. The van der Waals surface area contributed by atoms with Gasteiger partial charge in [0.25, 0.3) is 5.91 Å². The SMILES string of the molecule is C[C@H](NCc1cc(C(N)=O)nc2c1NCC2(C)C)C1CCCCC1. The minimum absolute atomic E-state index is 0.0788. The number of aromatic nitrogens is 1. The van der Waals surface area contributed by atoms with Gasteiger partial charge in [0.2, 0.25) is 0 Å². The Morgan fingerprint density at radius 2 is 2.12 bits per heavy atom. The molecule has 1 aromatic heterocycles. The Morgan fingerprint density at radius 1 is 1.42 bits per heavy atom. The van der Waals surface area contributed by atoms with E-state index in [0.29, 0.717) is 11.7 Å². The van der Waals surface area contributed by atoms with Crippen molar-refractivity contribution in [2.24, 2.45) is 11.7 Å². The highest BCUT2D eigenvalue weighted by Crippen LogP contribution is 2.37. The fourth-order valence-electron chi connectivity index (χ4n) is 4.02. The number of rotatable bonds is 5. The number of carbonyl (C=O) groups is 1. The lowest BCUT2D eigenvalue weighted by molar-refractivity contribution is 0.0995. The van der Waals surface area contributed by atoms with E-state index in [9.17, 15) is 4.79 Å². The van der Waals surface area contributed by atoms with Crippen LogP contribution >= 0.6 is 0 Å². The van der Waals surface area contributed by atoms with Crippen molar-refractivity contribution in [2.75, 3.05) is 11.9 Å². The maximum atomic E-state index is 11.7. The van der Waals surface area contributed by atoms with Crippen molar-refractivity contribution < 1.29 is 4.79 Å². The van der Waals surface area contributed by atoms with Crippen LogP contribution in [0.1, 0.15) is 74.6 Å². The number of hydrogen-bond donors (Lipinski definition) is 3. The molecule has 1 aliphatic heterocycles. The van der Waals surface area contributed by atoms with Crippen molar-refractivity contribution in [3.8, 4) is 0 Å². The number of carbonyl (C=O) groups excluding carboxylic acids is 1. The van der Waals surface area contributed by atoms with Crippen molar-refractivity contribution in [3.05, 3.63) is 23.0 Å². The van der Waals surface area contributed by atoms with Gasteiger partial charge in [-0.3, -0.25) is 4.79 Å². The number of nitrogens with zero attached hydrogens (tertiary/aromatic N) is 1. The second-order valence-corrected chi connectivity index (χ2v) is 8.06. The summed E-state index contributed by atoms with van der Waals surface area (Å²) in [5.41, 5.74) is 8.92. The number of anilines is 1. The first-order valence-corrected chi connectivity index (χ1v) is 9.20. The summed E-state index contributed by atoms with van der Waals surface area (Å²) in [5, 5.41) is 7.15. The van der Waals surface area contributed by atoms with Crippen LogP contribution in [0.3, 0.4) is 0 Å². The summed E-state index contributed by atoms with van der Waals surface area (Å²) < 4.78 is 0. The van der Waals surface area contributed by atoms with Crippen molar-refractivity contribution >= 4 is 11.6 Å². The van der Waals surface area contributed by atoms with Crippen LogP contribution in [-0.4, -0.2) is 23.5 Å². The van der Waals surface area contributed by atoms with Crippen molar-refractivity contribution in [2.45, 2.75) is 70.9 Å². The van der Waals surface area contributed by atoms with Crippen molar-refractivity contribution in [1.29, 1.82) is 0 Å². The highest BCUT2D eigenvalue weighted by Gasteiger charge is 2.34. The highest BCUT2D eigenvalue weighted by atomic mass is 16.1. The van der Waals surface area contributed by atoms with E-state index in [0.717, 1.165) is 36.0 Å². The van der Waals surface area contributed by atoms with E-state index in [1.165, 1.54) is 32.1 Å². The second kappa shape index (κ2) is 6.71. The largest absolute Gasteiger partial charge is 0.382 e. The molecule has 2 heterocycles. The molecule has 0 unspecified atom stereocenters. The fourth-order valence-corrected chi connectivity index (χ4v) is 4.02. The van der Waals surface area contributed by atoms with Crippen molar-refractivity contribution in [1.82, 2.24) is 10.3 Å². The van der Waals surface area contributed by atoms with Gasteiger partial charge in [-0.15, -0.1) is 0 Å². The average Bonchev–Trinajstić information content (AvgIpc) is 2.88. The predicted octanol–water partition coefficient (Wildman–Crippen LogP) is 2.94. The molecule has 1 aromatic rings. The fraction of sp³-hybridized carbons (Fsp3) is 0.684. The molecule has 0 saturated heterocycles. The van der Waals surface area contributed by atoms with Crippen LogP contribution in [0.2, 0.25) is 0 Å². The van der Waals surface area contributed by atoms with Gasteiger partial charge >= 0.3 is 0 Å². The van der Waals surface area contributed by atoms with E-state index in [2.05, 4.69) is 36.4 Å². The maximum absolute atomic E-state index is 11.7. The van der Waals surface area contributed by atoms with Crippen LogP contribution in [0.5, 0.6) is 0 Å². The first-order valence-electron chi connectivity index (χ1n) is 9.20. The number of nitrogens with one attached hydrogen (secondary N) is 2. The quantitative estimate of drug-likeness (QED) is 0.775. The lowest BCUT2D eigenvalue weighted by atomic mass is 9.84. The van der Waals surface area contributed by atoms with Gasteiger partial charge in [0.1, 0.15) is 5.69 Å². The van der Waals surface area contributed by atoms with Crippen molar-refractivity contribution in [3.63, 3.8) is 0 Å². The molecule has 0 aromatic carbocycles. The molecule has 1 amide bonds. The summed E-state index contributed by atoms with van der Waals surface area (Å²) in [6, 6.07) is 2.33. The van der Waals surface area contributed by atoms with E-state index in [-0.39, 0.29) is 5.41 Å². The molecule has 2 aliphatic rings. The molecule has 1 atom stereocenters. The predicted molar refractivity (Wildman–Crippen MR) is 97.1 cm³/mol. The number of amides is 1. The Balaban J connectivity index is 1.79. The zero-order valence-electron chi connectivity index (χ0n) is 15.1. The second-order valence-electron chi connectivity index (χ2n) is 8.06. The van der Waals surface area contributed by atoms with Crippen LogP contribution < -0.4 is 16.4 Å². The van der Waals surface area contributed by atoms with Gasteiger partial charge in [0.15, 0.2) is 0 Å². The molecule has 1 aliphatic carbocycles. The molecule has 132 valence electrons. The topological polar surface area (TPSA) is 80.0 Å². The standard InChI is InChI=1S/C19H30N4O/c1-12(13-7-5-4-6-8-13)21-10-14-9-15(18(20)24)23-17-16(14)22-11-19(17,2)3/h9,12-13,21-22H,4-8,10-11H2,1-3H3,(H2,20,24)/t12-/m0/s1. The van der Waals surface area contributed by atoms with Gasteiger partial charge < -0.3 is 16.4 Å². The molecule has 5 heteroatoms. The first-order chi connectivity index (χ1) is 11.4. The molecule has 4 N–H and O–H groups in total. The molecule has 24 heavy (non-hydrogen) atoms. The molecule has 1 fully saturated rings. The normalized spacial score (nSPS) is 21.1. The van der Waals surface area contributed by atoms with Crippen LogP contribution in [0, 0.1) is 5.92 Å². The van der Waals surface area contributed by atoms with Crippen LogP contribution in [-0.2, 0) is 12.0 Å². The summed E-state index contributed by atoms with van der Waals surface area (Å²) in [5.74, 6) is 0.302. The Hall–Kier alpha value is -1.62. The lowest BCUT2D eigenvalue weighted by Gasteiger charge is -2.28. The number of primary amides is 1. The summed E-state index contributed by atoms with van der Waals surface area (Å²) in [7, 11) is 0. The Kier molecular flexibility index (Phi) is 4.81. The third-order valence-electron chi connectivity index (χ3n) is 5.67. The molecular weight excluding hydrogens is 300 g/mol. The monoisotopic (exact) mass is 330 g/mol. The van der Waals surface area contributed by atoms with Gasteiger partial charge in [0.05, 0.1) is 11.4 Å². The first kappa shape index (κ1) is 17.2. The zero-order valence-corrected chi connectivity index (χ0v) is 15.1. The van der Waals surface area contributed by atoms with Gasteiger partial charge in [-0.2, -0.15) is 0 Å². The molecule has 0 bridgehead atoms. The van der Waals surface area contributed by atoms with E-state index >= 15 is 0 Å². The summed E-state index contributed by atoms with van der Waals surface area (Å²) in [6.07, 6.45) is 6.72.